The van der Waals surface area contributed by atoms with Crippen molar-refractivity contribution >= 4 is 11.9 Å². The first-order chi connectivity index (χ1) is 12.0. The van der Waals surface area contributed by atoms with Gasteiger partial charge >= 0.3 is 5.97 Å². The van der Waals surface area contributed by atoms with Gasteiger partial charge in [0.1, 0.15) is 5.82 Å². The molecule has 2 atom stereocenters. The van der Waals surface area contributed by atoms with E-state index < -0.39 is 17.9 Å². The molecule has 4 nitrogen and oxygen atoms in total. The summed E-state index contributed by atoms with van der Waals surface area (Å²) in [5.74, 6) is -1.25. The van der Waals surface area contributed by atoms with E-state index in [0.29, 0.717) is 6.54 Å². The van der Waals surface area contributed by atoms with Crippen LogP contribution >= 0.6 is 0 Å². The molecule has 1 N–H and O–H groups in total. The average Bonchev–Trinajstić information content (AvgIpc) is 2.63. The maximum atomic E-state index is 12.9. The molecule has 0 aliphatic heterocycles. The minimum absolute atomic E-state index is 0.199. The van der Waals surface area contributed by atoms with Crippen LogP contribution in [0.2, 0.25) is 0 Å². The van der Waals surface area contributed by atoms with Crippen LogP contribution in [-0.2, 0) is 9.53 Å². The molecule has 2 aromatic rings. The van der Waals surface area contributed by atoms with Gasteiger partial charge in [-0.15, -0.1) is 0 Å². The third kappa shape index (κ3) is 5.41. The smallest absolute Gasteiger partial charge is 0.338 e. The van der Waals surface area contributed by atoms with Gasteiger partial charge in [-0.1, -0.05) is 37.3 Å². The van der Waals surface area contributed by atoms with Crippen molar-refractivity contribution < 1.29 is 18.7 Å². The maximum absolute atomic E-state index is 12.9. The van der Waals surface area contributed by atoms with Gasteiger partial charge in [0.15, 0.2) is 6.10 Å². The van der Waals surface area contributed by atoms with Gasteiger partial charge in [-0.05, 0) is 43.2 Å². The molecule has 0 saturated carbocycles. The Bertz CT molecular complexity index is 701. The quantitative estimate of drug-likeness (QED) is 0.780. The van der Waals surface area contributed by atoms with Crippen molar-refractivity contribution in [2.24, 2.45) is 0 Å². The molecule has 1 amide bonds. The van der Waals surface area contributed by atoms with Crippen LogP contribution in [0.4, 0.5) is 4.39 Å². The first-order valence-electron chi connectivity index (χ1n) is 8.30. The molecular weight excluding hydrogens is 321 g/mol. The molecule has 0 aliphatic rings. The summed E-state index contributed by atoms with van der Waals surface area (Å²) in [6, 6.07) is 14.9. The lowest BCUT2D eigenvalue weighted by atomic mass is 9.96. The third-order valence-corrected chi connectivity index (χ3v) is 4.02. The molecule has 0 fully saturated rings. The zero-order valence-corrected chi connectivity index (χ0v) is 14.4. The van der Waals surface area contributed by atoms with E-state index in [2.05, 4.69) is 12.2 Å². The number of benzene rings is 2. The molecule has 0 radical (unpaired) electrons. The van der Waals surface area contributed by atoms with Crippen LogP contribution in [0.1, 0.15) is 42.1 Å². The first kappa shape index (κ1) is 18.6. The Labute approximate surface area is 147 Å². The van der Waals surface area contributed by atoms with Crippen molar-refractivity contribution in [3.63, 3.8) is 0 Å². The number of hydrogen-bond donors (Lipinski definition) is 1. The highest BCUT2D eigenvalue weighted by Crippen LogP contribution is 2.18. The molecule has 2 rings (SSSR count). The van der Waals surface area contributed by atoms with E-state index in [-0.39, 0.29) is 17.4 Å². The number of ether oxygens (including phenoxy) is 1. The number of esters is 1. The highest BCUT2D eigenvalue weighted by atomic mass is 19.1. The topological polar surface area (TPSA) is 55.4 Å². The van der Waals surface area contributed by atoms with Crippen molar-refractivity contribution in [3.05, 3.63) is 71.5 Å². The van der Waals surface area contributed by atoms with Gasteiger partial charge in [-0.25, -0.2) is 9.18 Å². The van der Waals surface area contributed by atoms with Crippen LogP contribution in [0.3, 0.4) is 0 Å². The number of nitrogens with one attached hydrogen (secondary N) is 1. The Balaban J connectivity index is 1.87. The van der Waals surface area contributed by atoms with Gasteiger partial charge in [-0.3, -0.25) is 4.79 Å². The van der Waals surface area contributed by atoms with Crippen LogP contribution in [0.25, 0.3) is 0 Å². The van der Waals surface area contributed by atoms with Gasteiger partial charge in [-0.2, -0.15) is 0 Å². The van der Waals surface area contributed by atoms with Crippen LogP contribution < -0.4 is 5.32 Å². The molecule has 0 aromatic heterocycles. The molecule has 0 spiro atoms. The van der Waals surface area contributed by atoms with Crippen LogP contribution in [-0.4, -0.2) is 24.5 Å². The minimum atomic E-state index is -0.925. The lowest BCUT2D eigenvalue weighted by molar-refractivity contribution is -0.129. The highest BCUT2D eigenvalue weighted by molar-refractivity contribution is 5.92. The zero-order chi connectivity index (χ0) is 18.2. The zero-order valence-electron chi connectivity index (χ0n) is 14.4. The first-order valence-corrected chi connectivity index (χ1v) is 8.30. The monoisotopic (exact) mass is 343 g/mol. The highest BCUT2D eigenvalue weighted by Gasteiger charge is 2.20. The molecule has 0 aliphatic carbocycles. The second kappa shape index (κ2) is 8.97. The van der Waals surface area contributed by atoms with E-state index in [1.54, 1.807) is 0 Å². The summed E-state index contributed by atoms with van der Waals surface area (Å²) >= 11 is 0. The predicted molar refractivity (Wildman–Crippen MR) is 93.8 cm³/mol. The van der Waals surface area contributed by atoms with E-state index in [0.717, 1.165) is 12.0 Å². The average molecular weight is 343 g/mol. The lowest BCUT2D eigenvalue weighted by Gasteiger charge is -2.18. The lowest BCUT2D eigenvalue weighted by Crippen LogP contribution is -2.38. The van der Waals surface area contributed by atoms with E-state index in [4.69, 9.17) is 4.74 Å². The van der Waals surface area contributed by atoms with Gasteiger partial charge in [0, 0.05) is 12.5 Å². The Morgan fingerprint density at radius 3 is 2.32 bits per heavy atom. The van der Waals surface area contributed by atoms with Gasteiger partial charge in [0.2, 0.25) is 0 Å². The summed E-state index contributed by atoms with van der Waals surface area (Å²) in [4.78, 5) is 24.1. The summed E-state index contributed by atoms with van der Waals surface area (Å²) in [6.07, 6.45) is -0.0422. The minimum Gasteiger partial charge on any atom is -0.449 e. The van der Waals surface area contributed by atoms with E-state index in [1.807, 2.05) is 30.3 Å². The number of rotatable bonds is 7. The predicted octanol–water partition coefficient (Wildman–Crippen LogP) is 3.68. The fraction of sp³-hybridized carbons (Fsp3) is 0.300. The van der Waals surface area contributed by atoms with Gasteiger partial charge in [0.25, 0.3) is 5.91 Å². The number of carbonyl (C=O) groups excluding carboxylic acids is 2. The summed E-state index contributed by atoms with van der Waals surface area (Å²) < 4.78 is 18.0. The van der Waals surface area contributed by atoms with Crippen molar-refractivity contribution in [2.75, 3.05) is 6.54 Å². The summed E-state index contributed by atoms with van der Waals surface area (Å²) in [6.45, 7) is 4.04. The molecule has 25 heavy (non-hydrogen) atoms. The molecule has 0 unspecified atom stereocenters. The molecule has 5 heteroatoms. The fourth-order valence-corrected chi connectivity index (χ4v) is 2.46. The second-order valence-electron chi connectivity index (χ2n) is 5.82. The number of amides is 1. The number of halogens is 1. The standard InChI is InChI=1S/C20H22FNO3/c1-3-15(16-7-5-4-6-8-16)13-22-19(23)14(2)25-20(24)17-9-11-18(21)12-10-17/h4-12,14-15H,3,13H2,1-2H3,(H,22,23)/t14-,15-/m0/s1. The maximum Gasteiger partial charge on any atom is 0.338 e. The fourth-order valence-electron chi connectivity index (χ4n) is 2.46. The number of carbonyl (C=O) groups is 2. The van der Waals surface area contributed by atoms with Crippen molar-refractivity contribution in [1.82, 2.24) is 5.32 Å². The third-order valence-electron chi connectivity index (χ3n) is 4.02. The summed E-state index contributed by atoms with van der Waals surface area (Å²) in [5, 5.41) is 2.82. The molecule has 132 valence electrons. The van der Waals surface area contributed by atoms with Crippen LogP contribution in [0.15, 0.2) is 54.6 Å². The largest absolute Gasteiger partial charge is 0.449 e. The van der Waals surface area contributed by atoms with E-state index >= 15 is 0 Å². The molecule has 0 saturated heterocycles. The van der Waals surface area contributed by atoms with E-state index in [1.165, 1.54) is 31.2 Å². The van der Waals surface area contributed by atoms with Crippen LogP contribution in [0, 0.1) is 5.82 Å². The Morgan fingerprint density at radius 1 is 1.08 bits per heavy atom. The molecular formula is C20H22FNO3. The van der Waals surface area contributed by atoms with E-state index in [9.17, 15) is 14.0 Å². The van der Waals surface area contributed by atoms with Gasteiger partial charge in [0.05, 0.1) is 5.56 Å². The second-order valence-corrected chi connectivity index (χ2v) is 5.82. The Morgan fingerprint density at radius 2 is 1.72 bits per heavy atom. The number of hydrogen-bond acceptors (Lipinski definition) is 3. The van der Waals surface area contributed by atoms with Crippen molar-refractivity contribution in [3.8, 4) is 0 Å². The van der Waals surface area contributed by atoms with Crippen LogP contribution in [0.5, 0.6) is 0 Å². The summed E-state index contributed by atoms with van der Waals surface area (Å²) in [5.41, 5.74) is 1.36. The Kier molecular flexibility index (Phi) is 6.69. The molecule has 0 heterocycles. The SMILES string of the molecule is CC[C@@H](CNC(=O)[C@H](C)OC(=O)c1ccc(F)cc1)c1ccccc1. The van der Waals surface area contributed by atoms with Crippen molar-refractivity contribution in [1.29, 1.82) is 0 Å². The molecule has 2 aromatic carbocycles. The Hall–Kier alpha value is -2.69. The normalized spacial score (nSPS) is 12.9. The van der Waals surface area contributed by atoms with Crippen molar-refractivity contribution in [2.45, 2.75) is 32.3 Å². The molecule has 0 bridgehead atoms. The summed E-state index contributed by atoms with van der Waals surface area (Å²) in [7, 11) is 0. The van der Waals surface area contributed by atoms with Gasteiger partial charge < -0.3 is 10.1 Å².